The van der Waals surface area contributed by atoms with Crippen molar-refractivity contribution in [2.45, 2.75) is 13.0 Å². The van der Waals surface area contributed by atoms with Crippen LogP contribution in [0, 0.1) is 0 Å². The molecule has 2 aromatic heterocycles. The van der Waals surface area contributed by atoms with Gasteiger partial charge in [0, 0.05) is 17.6 Å². The molecule has 0 aromatic carbocycles. The summed E-state index contributed by atoms with van der Waals surface area (Å²) in [5.41, 5.74) is 0.853. The second-order valence-corrected chi connectivity index (χ2v) is 4.79. The first kappa shape index (κ1) is 12.6. The van der Waals surface area contributed by atoms with E-state index in [0.29, 0.717) is 13.1 Å². The van der Waals surface area contributed by atoms with Crippen LogP contribution in [-0.2, 0) is 13.0 Å². The first-order valence-corrected chi connectivity index (χ1v) is 6.66. The van der Waals surface area contributed by atoms with Crippen molar-refractivity contribution in [1.82, 2.24) is 15.6 Å². The van der Waals surface area contributed by atoms with Crippen LogP contribution in [0.5, 0.6) is 0 Å². The van der Waals surface area contributed by atoms with Gasteiger partial charge in [-0.05, 0) is 30.0 Å². The Hall–Kier alpha value is -1.88. The summed E-state index contributed by atoms with van der Waals surface area (Å²) in [6.45, 7) is 1.10. The highest BCUT2D eigenvalue weighted by Gasteiger charge is 2.00. The number of amides is 2. The number of urea groups is 1. The van der Waals surface area contributed by atoms with Crippen molar-refractivity contribution in [3.8, 4) is 0 Å². The van der Waals surface area contributed by atoms with Gasteiger partial charge in [0.1, 0.15) is 0 Å². The fourth-order valence-electron chi connectivity index (χ4n) is 1.49. The molecule has 0 aliphatic rings. The lowest BCUT2D eigenvalue weighted by Gasteiger charge is -2.06. The van der Waals surface area contributed by atoms with Gasteiger partial charge in [-0.1, -0.05) is 12.1 Å². The number of hydrogen-bond donors (Lipinski definition) is 2. The van der Waals surface area contributed by atoms with E-state index in [1.54, 1.807) is 17.5 Å². The Balaban J connectivity index is 1.63. The third-order valence-electron chi connectivity index (χ3n) is 2.39. The SMILES string of the molecule is O=C(NCCc1cccs1)NCc1ccccn1. The maximum Gasteiger partial charge on any atom is 0.315 e. The van der Waals surface area contributed by atoms with Crippen molar-refractivity contribution in [1.29, 1.82) is 0 Å². The summed E-state index contributed by atoms with van der Waals surface area (Å²) in [6, 6.07) is 9.56. The molecule has 0 unspecified atom stereocenters. The zero-order valence-electron chi connectivity index (χ0n) is 9.93. The van der Waals surface area contributed by atoms with E-state index in [1.807, 2.05) is 29.6 Å². The van der Waals surface area contributed by atoms with E-state index in [1.165, 1.54) is 4.88 Å². The van der Waals surface area contributed by atoms with Crippen molar-refractivity contribution >= 4 is 17.4 Å². The first-order chi connectivity index (χ1) is 8.84. The molecule has 0 saturated carbocycles. The number of pyridine rings is 1. The number of carbonyl (C=O) groups is 1. The van der Waals surface area contributed by atoms with Crippen molar-refractivity contribution in [2.24, 2.45) is 0 Å². The molecule has 0 spiro atoms. The lowest BCUT2D eigenvalue weighted by Crippen LogP contribution is -2.36. The van der Waals surface area contributed by atoms with Gasteiger partial charge in [-0.3, -0.25) is 4.98 Å². The van der Waals surface area contributed by atoms with Crippen molar-refractivity contribution in [3.05, 3.63) is 52.5 Å². The molecule has 0 aliphatic carbocycles. The largest absolute Gasteiger partial charge is 0.338 e. The smallest absolute Gasteiger partial charge is 0.315 e. The second kappa shape index (κ2) is 6.76. The number of hydrogen-bond acceptors (Lipinski definition) is 3. The molecule has 5 heteroatoms. The van der Waals surface area contributed by atoms with Crippen LogP contribution in [0.1, 0.15) is 10.6 Å². The lowest BCUT2D eigenvalue weighted by molar-refractivity contribution is 0.240. The molecule has 2 rings (SSSR count). The molecule has 18 heavy (non-hydrogen) atoms. The second-order valence-electron chi connectivity index (χ2n) is 3.76. The van der Waals surface area contributed by atoms with E-state index in [2.05, 4.69) is 21.7 Å². The molecular formula is C13H15N3OS. The minimum absolute atomic E-state index is 0.155. The Kier molecular flexibility index (Phi) is 4.72. The molecule has 94 valence electrons. The predicted octanol–water partition coefficient (Wildman–Crippen LogP) is 2.19. The molecule has 2 aromatic rings. The van der Waals surface area contributed by atoms with Crippen LogP contribution in [0.15, 0.2) is 41.9 Å². The first-order valence-electron chi connectivity index (χ1n) is 5.78. The van der Waals surface area contributed by atoms with Crippen LogP contribution >= 0.6 is 11.3 Å². The van der Waals surface area contributed by atoms with E-state index in [9.17, 15) is 4.79 Å². The molecule has 0 fully saturated rings. The molecule has 0 atom stereocenters. The Morgan fingerprint density at radius 2 is 2.17 bits per heavy atom. The number of nitrogens with zero attached hydrogens (tertiary/aromatic N) is 1. The molecular weight excluding hydrogens is 246 g/mol. The normalized spacial score (nSPS) is 10.0. The Morgan fingerprint density at radius 1 is 1.22 bits per heavy atom. The third kappa shape index (κ3) is 4.18. The molecule has 2 amide bonds. The minimum Gasteiger partial charge on any atom is -0.338 e. The Labute approximate surface area is 110 Å². The van der Waals surface area contributed by atoms with Gasteiger partial charge in [0.05, 0.1) is 12.2 Å². The van der Waals surface area contributed by atoms with Gasteiger partial charge in [-0.25, -0.2) is 4.79 Å². The highest BCUT2D eigenvalue weighted by atomic mass is 32.1. The number of aromatic nitrogens is 1. The van der Waals surface area contributed by atoms with Crippen LogP contribution < -0.4 is 10.6 Å². The summed E-state index contributed by atoms with van der Waals surface area (Å²) in [4.78, 5) is 16.9. The van der Waals surface area contributed by atoms with Crippen LogP contribution in [0.25, 0.3) is 0 Å². The number of nitrogens with one attached hydrogen (secondary N) is 2. The zero-order valence-corrected chi connectivity index (χ0v) is 10.7. The number of rotatable bonds is 5. The van der Waals surface area contributed by atoms with Gasteiger partial charge in [0.15, 0.2) is 0 Å². The van der Waals surface area contributed by atoms with Gasteiger partial charge in [0.2, 0.25) is 0 Å². The topological polar surface area (TPSA) is 54.0 Å². The fraction of sp³-hybridized carbons (Fsp3) is 0.231. The quantitative estimate of drug-likeness (QED) is 0.867. The molecule has 2 N–H and O–H groups in total. The molecule has 4 nitrogen and oxygen atoms in total. The van der Waals surface area contributed by atoms with Crippen LogP contribution in [0.2, 0.25) is 0 Å². The van der Waals surface area contributed by atoms with Gasteiger partial charge >= 0.3 is 6.03 Å². The maximum absolute atomic E-state index is 11.5. The van der Waals surface area contributed by atoms with E-state index in [4.69, 9.17) is 0 Å². The minimum atomic E-state index is -0.155. The zero-order chi connectivity index (χ0) is 12.6. The van der Waals surface area contributed by atoms with E-state index >= 15 is 0 Å². The standard InChI is InChI=1S/C13H15N3OS/c17-13(15-8-6-12-5-3-9-18-12)16-10-11-4-1-2-7-14-11/h1-5,7,9H,6,8,10H2,(H2,15,16,17). The average Bonchev–Trinajstić information content (AvgIpc) is 2.91. The molecule has 2 heterocycles. The van der Waals surface area contributed by atoms with Crippen molar-refractivity contribution in [2.75, 3.05) is 6.54 Å². The van der Waals surface area contributed by atoms with Crippen LogP contribution in [0.3, 0.4) is 0 Å². The van der Waals surface area contributed by atoms with Crippen LogP contribution in [-0.4, -0.2) is 17.6 Å². The molecule has 0 bridgehead atoms. The lowest BCUT2D eigenvalue weighted by atomic mass is 10.3. The van der Waals surface area contributed by atoms with Gasteiger partial charge in [-0.15, -0.1) is 11.3 Å². The third-order valence-corrected chi connectivity index (χ3v) is 3.33. The fourth-order valence-corrected chi connectivity index (χ4v) is 2.20. The highest BCUT2D eigenvalue weighted by Crippen LogP contribution is 2.07. The van der Waals surface area contributed by atoms with Crippen molar-refractivity contribution < 1.29 is 4.79 Å². The summed E-state index contributed by atoms with van der Waals surface area (Å²) in [6.07, 6.45) is 2.58. The molecule has 0 radical (unpaired) electrons. The van der Waals surface area contributed by atoms with Gasteiger partial charge < -0.3 is 10.6 Å². The van der Waals surface area contributed by atoms with Crippen LogP contribution in [0.4, 0.5) is 4.79 Å². The predicted molar refractivity (Wildman–Crippen MR) is 72.5 cm³/mol. The van der Waals surface area contributed by atoms with E-state index in [0.717, 1.165) is 12.1 Å². The van der Waals surface area contributed by atoms with E-state index in [-0.39, 0.29) is 6.03 Å². The average molecular weight is 261 g/mol. The number of thiophene rings is 1. The number of carbonyl (C=O) groups excluding carboxylic acids is 1. The summed E-state index contributed by atoms with van der Waals surface area (Å²) in [7, 11) is 0. The summed E-state index contributed by atoms with van der Waals surface area (Å²) < 4.78 is 0. The molecule has 0 aliphatic heterocycles. The highest BCUT2D eigenvalue weighted by molar-refractivity contribution is 7.09. The summed E-state index contributed by atoms with van der Waals surface area (Å²) >= 11 is 1.70. The Morgan fingerprint density at radius 3 is 2.89 bits per heavy atom. The van der Waals surface area contributed by atoms with Gasteiger partial charge in [-0.2, -0.15) is 0 Å². The van der Waals surface area contributed by atoms with E-state index < -0.39 is 0 Å². The Bertz CT molecular complexity index is 470. The van der Waals surface area contributed by atoms with Gasteiger partial charge in [0.25, 0.3) is 0 Å². The molecule has 0 saturated heterocycles. The monoisotopic (exact) mass is 261 g/mol. The summed E-state index contributed by atoms with van der Waals surface area (Å²) in [5, 5.41) is 7.63. The maximum atomic E-state index is 11.5. The summed E-state index contributed by atoms with van der Waals surface area (Å²) in [5.74, 6) is 0. The van der Waals surface area contributed by atoms with Crippen molar-refractivity contribution in [3.63, 3.8) is 0 Å².